The Morgan fingerprint density at radius 2 is 1.89 bits per heavy atom. The highest BCUT2D eigenvalue weighted by molar-refractivity contribution is 5.92. The van der Waals surface area contributed by atoms with Crippen LogP contribution >= 0.6 is 0 Å². The maximum atomic E-state index is 11.6. The molecule has 0 fully saturated rings. The molecule has 0 aliphatic rings. The van der Waals surface area contributed by atoms with Crippen molar-refractivity contribution in [3.63, 3.8) is 0 Å². The first kappa shape index (κ1) is 16.0. The molecule has 0 saturated heterocycles. The van der Waals surface area contributed by atoms with E-state index in [0.29, 0.717) is 6.42 Å². The molecule has 0 spiro atoms. The van der Waals surface area contributed by atoms with Crippen LogP contribution in [0.3, 0.4) is 0 Å². The first-order valence-corrected chi connectivity index (χ1v) is 5.59. The van der Waals surface area contributed by atoms with Gasteiger partial charge in [0.05, 0.1) is 7.11 Å². The zero-order chi connectivity index (χ0) is 14.0. The van der Waals surface area contributed by atoms with Gasteiger partial charge in [-0.3, -0.25) is 9.59 Å². The Labute approximate surface area is 107 Å². The van der Waals surface area contributed by atoms with E-state index in [0.717, 1.165) is 17.9 Å². The average molecular weight is 253 g/mol. The second-order valence-corrected chi connectivity index (χ2v) is 3.51. The zero-order valence-electron chi connectivity index (χ0n) is 10.9. The Balaban J connectivity index is 0.000000873. The average Bonchev–Trinajstić information content (AvgIpc) is 2.39. The van der Waals surface area contributed by atoms with Gasteiger partial charge in [0.25, 0.3) is 6.47 Å². The number of carbonyl (C=O) groups is 2. The SMILES string of the molecule is CCCC(=O)N(C)c1ccc(OC)cc1.O=CO. The molecule has 5 nitrogen and oxygen atoms in total. The van der Waals surface area contributed by atoms with Gasteiger partial charge in [0.15, 0.2) is 0 Å². The van der Waals surface area contributed by atoms with Crippen LogP contribution in [-0.2, 0) is 9.59 Å². The van der Waals surface area contributed by atoms with E-state index in [1.54, 1.807) is 19.1 Å². The molecule has 5 heteroatoms. The number of anilines is 1. The van der Waals surface area contributed by atoms with E-state index in [1.165, 1.54) is 0 Å². The summed E-state index contributed by atoms with van der Waals surface area (Å²) >= 11 is 0. The summed E-state index contributed by atoms with van der Waals surface area (Å²) in [6, 6.07) is 7.47. The number of hydrogen-bond donors (Lipinski definition) is 1. The van der Waals surface area contributed by atoms with E-state index in [4.69, 9.17) is 14.6 Å². The number of carboxylic acid groups (broad SMARTS) is 1. The molecule has 1 rings (SSSR count). The molecule has 0 saturated carbocycles. The molecular formula is C13H19NO4. The number of rotatable bonds is 4. The predicted octanol–water partition coefficient (Wildman–Crippen LogP) is 2.16. The van der Waals surface area contributed by atoms with Gasteiger partial charge >= 0.3 is 0 Å². The Kier molecular flexibility index (Phi) is 8.01. The summed E-state index contributed by atoms with van der Waals surface area (Å²) in [7, 11) is 3.42. The third-order valence-corrected chi connectivity index (χ3v) is 2.30. The molecule has 18 heavy (non-hydrogen) atoms. The van der Waals surface area contributed by atoms with Crippen LogP contribution in [0.15, 0.2) is 24.3 Å². The summed E-state index contributed by atoms with van der Waals surface area (Å²) in [5.41, 5.74) is 0.897. The normalized spacial score (nSPS) is 8.83. The fourth-order valence-electron chi connectivity index (χ4n) is 1.33. The molecule has 1 amide bonds. The number of hydrogen-bond acceptors (Lipinski definition) is 3. The summed E-state index contributed by atoms with van der Waals surface area (Å²) in [4.78, 5) is 21.6. The van der Waals surface area contributed by atoms with Crippen LogP contribution in [0, 0.1) is 0 Å². The van der Waals surface area contributed by atoms with Crippen molar-refractivity contribution < 1.29 is 19.4 Å². The molecule has 0 radical (unpaired) electrons. The lowest BCUT2D eigenvalue weighted by molar-refractivity contribution is -0.123. The smallest absolute Gasteiger partial charge is 0.290 e. The fourth-order valence-corrected chi connectivity index (χ4v) is 1.33. The fraction of sp³-hybridized carbons (Fsp3) is 0.385. The molecule has 0 aromatic heterocycles. The summed E-state index contributed by atoms with van der Waals surface area (Å²) < 4.78 is 5.05. The molecule has 0 aliphatic heterocycles. The number of methoxy groups -OCH3 is 1. The standard InChI is InChI=1S/C12H17NO2.CH2O2/c1-4-5-12(14)13(2)10-6-8-11(15-3)9-7-10;2-1-3/h6-9H,4-5H2,1-3H3;1H,(H,2,3). The summed E-state index contributed by atoms with van der Waals surface area (Å²) in [5, 5.41) is 6.89. The van der Waals surface area contributed by atoms with Crippen LogP contribution < -0.4 is 9.64 Å². The molecule has 1 N–H and O–H groups in total. The summed E-state index contributed by atoms with van der Waals surface area (Å²) in [6.45, 7) is 1.75. The van der Waals surface area contributed by atoms with Crippen molar-refractivity contribution in [1.82, 2.24) is 0 Å². The van der Waals surface area contributed by atoms with Crippen LogP contribution in [0.2, 0.25) is 0 Å². The maximum absolute atomic E-state index is 11.6. The topological polar surface area (TPSA) is 66.8 Å². The van der Waals surface area contributed by atoms with E-state index in [9.17, 15) is 4.79 Å². The van der Waals surface area contributed by atoms with Crippen LogP contribution in [0.5, 0.6) is 5.75 Å². The lowest BCUT2D eigenvalue weighted by Crippen LogP contribution is -2.25. The van der Waals surface area contributed by atoms with Crippen molar-refractivity contribution in [2.45, 2.75) is 19.8 Å². The molecule has 0 bridgehead atoms. The van der Waals surface area contributed by atoms with E-state index >= 15 is 0 Å². The summed E-state index contributed by atoms with van der Waals surface area (Å²) in [5.74, 6) is 0.942. The number of ether oxygens (including phenoxy) is 1. The lowest BCUT2D eigenvalue weighted by atomic mass is 10.2. The third-order valence-electron chi connectivity index (χ3n) is 2.30. The van der Waals surface area contributed by atoms with E-state index in [1.807, 2.05) is 31.2 Å². The third kappa shape index (κ3) is 5.34. The number of amides is 1. The number of benzene rings is 1. The minimum atomic E-state index is -0.250. The molecule has 0 unspecified atom stereocenters. The van der Waals surface area contributed by atoms with Gasteiger partial charge in [0, 0.05) is 19.2 Å². The van der Waals surface area contributed by atoms with E-state index in [2.05, 4.69) is 0 Å². The van der Waals surface area contributed by atoms with Crippen molar-refractivity contribution in [3.05, 3.63) is 24.3 Å². The highest BCUT2D eigenvalue weighted by Crippen LogP contribution is 2.18. The Hall–Kier alpha value is -2.04. The van der Waals surface area contributed by atoms with E-state index in [-0.39, 0.29) is 12.4 Å². The van der Waals surface area contributed by atoms with Gasteiger partial charge in [0.2, 0.25) is 5.91 Å². The Morgan fingerprint density at radius 1 is 1.39 bits per heavy atom. The zero-order valence-corrected chi connectivity index (χ0v) is 10.9. The molecule has 0 atom stereocenters. The minimum absolute atomic E-state index is 0.141. The predicted molar refractivity (Wildman–Crippen MR) is 70.0 cm³/mol. The van der Waals surface area contributed by atoms with Crippen LogP contribution in [0.1, 0.15) is 19.8 Å². The lowest BCUT2D eigenvalue weighted by Gasteiger charge is -2.17. The Morgan fingerprint density at radius 3 is 2.28 bits per heavy atom. The second-order valence-electron chi connectivity index (χ2n) is 3.51. The van der Waals surface area contributed by atoms with Gasteiger partial charge < -0.3 is 14.7 Å². The van der Waals surface area contributed by atoms with Gasteiger partial charge in [-0.1, -0.05) is 6.92 Å². The number of nitrogens with zero attached hydrogens (tertiary/aromatic N) is 1. The Bertz CT molecular complexity index is 362. The first-order valence-electron chi connectivity index (χ1n) is 5.59. The molecule has 100 valence electrons. The van der Waals surface area contributed by atoms with Gasteiger partial charge in [-0.25, -0.2) is 0 Å². The van der Waals surface area contributed by atoms with Gasteiger partial charge in [0.1, 0.15) is 5.75 Å². The van der Waals surface area contributed by atoms with Crippen LogP contribution in [0.25, 0.3) is 0 Å². The van der Waals surface area contributed by atoms with Crippen LogP contribution in [0.4, 0.5) is 5.69 Å². The quantitative estimate of drug-likeness (QED) is 0.835. The molecule has 0 aliphatic carbocycles. The van der Waals surface area contributed by atoms with Crippen molar-refractivity contribution in [3.8, 4) is 5.75 Å². The molecule has 0 heterocycles. The van der Waals surface area contributed by atoms with E-state index < -0.39 is 0 Å². The highest BCUT2D eigenvalue weighted by Gasteiger charge is 2.08. The maximum Gasteiger partial charge on any atom is 0.290 e. The first-order chi connectivity index (χ1) is 8.60. The molecule has 1 aromatic rings. The summed E-state index contributed by atoms with van der Waals surface area (Å²) in [6.07, 6.45) is 1.46. The van der Waals surface area contributed by atoms with Gasteiger partial charge in [-0.2, -0.15) is 0 Å². The largest absolute Gasteiger partial charge is 0.497 e. The number of carbonyl (C=O) groups excluding carboxylic acids is 1. The second kappa shape index (κ2) is 9.04. The monoisotopic (exact) mass is 253 g/mol. The highest BCUT2D eigenvalue weighted by atomic mass is 16.5. The van der Waals surface area contributed by atoms with Crippen molar-refractivity contribution >= 4 is 18.1 Å². The molecular weight excluding hydrogens is 234 g/mol. The van der Waals surface area contributed by atoms with Gasteiger partial charge in [-0.15, -0.1) is 0 Å². The minimum Gasteiger partial charge on any atom is -0.497 e. The van der Waals surface area contributed by atoms with Crippen molar-refractivity contribution in [2.75, 3.05) is 19.1 Å². The molecule has 1 aromatic carbocycles. The van der Waals surface area contributed by atoms with Crippen molar-refractivity contribution in [1.29, 1.82) is 0 Å². The van der Waals surface area contributed by atoms with Gasteiger partial charge in [-0.05, 0) is 30.7 Å². The van der Waals surface area contributed by atoms with Crippen molar-refractivity contribution in [2.24, 2.45) is 0 Å². The van der Waals surface area contributed by atoms with Crippen LogP contribution in [-0.4, -0.2) is 31.6 Å².